The van der Waals surface area contributed by atoms with E-state index >= 15 is 0 Å². The van der Waals surface area contributed by atoms with Crippen LogP contribution in [0.4, 0.5) is 0 Å². The highest BCUT2D eigenvalue weighted by Gasteiger charge is 2.38. The number of hydrogen-bond acceptors (Lipinski definition) is 3. The van der Waals surface area contributed by atoms with Crippen LogP contribution in [-0.2, 0) is 6.54 Å². The predicted octanol–water partition coefficient (Wildman–Crippen LogP) is 3.16. The smallest absolute Gasteiger partial charge is 0.0890 e. The summed E-state index contributed by atoms with van der Waals surface area (Å²) in [5.41, 5.74) is 3.02. The largest absolute Gasteiger partial charge is 0.311 e. The zero-order valence-corrected chi connectivity index (χ0v) is 11.8. The van der Waals surface area contributed by atoms with Gasteiger partial charge in [0, 0.05) is 6.54 Å². The van der Waals surface area contributed by atoms with E-state index in [1.54, 1.807) is 0 Å². The van der Waals surface area contributed by atoms with Crippen molar-refractivity contribution in [2.75, 3.05) is 6.54 Å². The molecule has 4 rings (SSSR count). The Morgan fingerprint density at radius 1 is 1.10 bits per heavy atom. The van der Waals surface area contributed by atoms with E-state index in [1.165, 1.54) is 25.7 Å². The van der Waals surface area contributed by atoms with Crippen molar-refractivity contribution in [3.05, 3.63) is 36.2 Å². The van der Waals surface area contributed by atoms with Crippen molar-refractivity contribution >= 4 is 11.0 Å². The highest BCUT2D eigenvalue weighted by atomic mass is 14.9. The van der Waals surface area contributed by atoms with Crippen molar-refractivity contribution < 1.29 is 0 Å². The lowest BCUT2D eigenvalue weighted by molar-refractivity contribution is 0.318. The van der Waals surface area contributed by atoms with E-state index in [0.29, 0.717) is 0 Å². The number of hydrogen-bond donors (Lipinski definition) is 1. The molecule has 3 heteroatoms. The molecule has 3 atom stereocenters. The molecule has 1 N–H and O–H groups in total. The molecule has 3 unspecified atom stereocenters. The average molecular weight is 267 g/mol. The second kappa shape index (κ2) is 5.13. The summed E-state index contributed by atoms with van der Waals surface area (Å²) in [5, 5.41) is 3.59. The Morgan fingerprint density at radius 3 is 2.80 bits per heavy atom. The number of benzene rings is 1. The van der Waals surface area contributed by atoms with Crippen molar-refractivity contribution in [2.24, 2.45) is 17.8 Å². The molecule has 1 aromatic carbocycles. The maximum Gasteiger partial charge on any atom is 0.0890 e. The zero-order chi connectivity index (χ0) is 13.4. The van der Waals surface area contributed by atoms with Crippen LogP contribution in [0.3, 0.4) is 0 Å². The Labute approximate surface area is 119 Å². The quantitative estimate of drug-likeness (QED) is 0.924. The Balaban J connectivity index is 1.36. The minimum Gasteiger partial charge on any atom is -0.311 e. The molecule has 2 saturated carbocycles. The Morgan fingerprint density at radius 2 is 2.00 bits per heavy atom. The zero-order valence-electron chi connectivity index (χ0n) is 11.8. The van der Waals surface area contributed by atoms with Gasteiger partial charge in [-0.3, -0.25) is 4.98 Å². The third kappa shape index (κ3) is 2.31. The van der Waals surface area contributed by atoms with Gasteiger partial charge >= 0.3 is 0 Å². The van der Waals surface area contributed by atoms with Crippen LogP contribution in [-0.4, -0.2) is 16.5 Å². The first-order valence-electron chi connectivity index (χ1n) is 7.80. The van der Waals surface area contributed by atoms with Crippen LogP contribution in [0.1, 0.15) is 31.4 Å². The summed E-state index contributed by atoms with van der Waals surface area (Å²) in [6.07, 6.45) is 7.78. The number of aromatic nitrogens is 2. The fourth-order valence-electron chi connectivity index (χ4n) is 4.09. The van der Waals surface area contributed by atoms with Crippen molar-refractivity contribution in [1.29, 1.82) is 0 Å². The molecule has 2 aliphatic rings. The standard InChI is InChI=1S/C17H21N3/c1-2-4-17-16(3-1)19-11-15(20-17)10-18-9-14-8-12-5-6-13(14)7-12/h1-4,11-14,18H,5-10H2. The molecule has 2 fully saturated rings. The molecule has 0 amide bonds. The molecular formula is C17H21N3. The lowest BCUT2D eigenvalue weighted by Crippen LogP contribution is -2.26. The van der Waals surface area contributed by atoms with E-state index in [-0.39, 0.29) is 0 Å². The molecule has 0 aliphatic heterocycles. The van der Waals surface area contributed by atoms with E-state index in [1.807, 2.05) is 30.5 Å². The van der Waals surface area contributed by atoms with Crippen molar-refractivity contribution in [3.8, 4) is 0 Å². The summed E-state index contributed by atoms with van der Waals surface area (Å²) in [5.74, 6) is 2.93. The summed E-state index contributed by atoms with van der Waals surface area (Å²) in [6, 6.07) is 8.06. The van der Waals surface area contributed by atoms with E-state index in [4.69, 9.17) is 0 Å². The first kappa shape index (κ1) is 12.3. The van der Waals surface area contributed by atoms with E-state index in [0.717, 1.165) is 47.6 Å². The van der Waals surface area contributed by atoms with Gasteiger partial charge in [-0.1, -0.05) is 18.6 Å². The van der Waals surface area contributed by atoms with Crippen LogP contribution < -0.4 is 5.32 Å². The SMILES string of the molecule is c1ccc2nc(CNCC3CC4CCC3C4)cnc2c1. The molecule has 0 spiro atoms. The number of nitrogens with zero attached hydrogens (tertiary/aromatic N) is 2. The van der Waals surface area contributed by atoms with Crippen molar-refractivity contribution in [2.45, 2.75) is 32.2 Å². The molecule has 2 aliphatic carbocycles. The first-order chi connectivity index (χ1) is 9.88. The van der Waals surface area contributed by atoms with Crippen molar-refractivity contribution in [3.63, 3.8) is 0 Å². The second-order valence-electron chi connectivity index (χ2n) is 6.42. The van der Waals surface area contributed by atoms with Crippen LogP contribution in [0.15, 0.2) is 30.5 Å². The fourth-order valence-corrected chi connectivity index (χ4v) is 4.09. The summed E-state index contributed by atoms with van der Waals surface area (Å²) >= 11 is 0. The topological polar surface area (TPSA) is 37.8 Å². The molecule has 20 heavy (non-hydrogen) atoms. The van der Waals surface area contributed by atoms with Crippen LogP contribution >= 0.6 is 0 Å². The van der Waals surface area contributed by atoms with Crippen molar-refractivity contribution in [1.82, 2.24) is 15.3 Å². The molecule has 1 heterocycles. The van der Waals surface area contributed by atoms with Gasteiger partial charge in [0.15, 0.2) is 0 Å². The third-order valence-corrected chi connectivity index (χ3v) is 5.10. The Hall–Kier alpha value is -1.48. The monoisotopic (exact) mass is 267 g/mol. The van der Waals surface area contributed by atoms with Gasteiger partial charge in [0.25, 0.3) is 0 Å². The van der Waals surface area contributed by atoms with Gasteiger partial charge in [0.1, 0.15) is 0 Å². The van der Waals surface area contributed by atoms with Crippen LogP contribution in [0.2, 0.25) is 0 Å². The normalized spacial score (nSPS) is 28.3. The summed E-state index contributed by atoms with van der Waals surface area (Å²) < 4.78 is 0. The minimum atomic E-state index is 0.839. The minimum absolute atomic E-state index is 0.839. The van der Waals surface area contributed by atoms with Gasteiger partial charge in [0.05, 0.1) is 22.9 Å². The molecule has 0 radical (unpaired) electrons. The average Bonchev–Trinajstić information content (AvgIpc) is 3.10. The van der Waals surface area contributed by atoms with Crippen LogP contribution in [0.25, 0.3) is 11.0 Å². The number of nitrogens with one attached hydrogen (secondary N) is 1. The molecule has 3 nitrogen and oxygen atoms in total. The van der Waals surface area contributed by atoms with Gasteiger partial charge in [-0.25, -0.2) is 4.98 Å². The number of fused-ring (bicyclic) bond motifs is 3. The molecular weight excluding hydrogens is 246 g/mol. The van der Waals surface area contributed by atoms with E-state index in [2.05, 4.69) is 15.3 Å². The van der Waals surface area contributed by atoms with Gasteiger partial charge in [-0.05, 0) is 55.7 Å². The number of rotatable bonds is 4. The first-order valence-corrected chi connectivity index (χ1v) is 7.80. The molecule has 2 aromatic rings. The lowest BCUT2D eigenvalue weighted by Gasteiger charge is -2.21. The maximum atomic E-state index is 4.66. The predicted molar refractivity (Wildman–Crippen MR) is 80.2 cm³/mol. The highest BCUT2D eigenvalue weighted by Crippen LogP contribution is 2.47. The second-order valence-corrected chi connectivity index (χ2v) is 6.42. The molecule has 2 bridgehead atoms. The van der Waals surface area contributed by atoms with Crippen LogP contribution in [0.5, 0.6) is 0 Å². The maximum absolute atomic E-state index is 4.66. The number of para-hydroxylation sites is 2. The van der Waals surface area contributed by atoms with Gasteiger partial charge in [-0.15, -0.1) is 0 Å². The van der Waals surface area contributed by atoms with Gasteiger partial charge < -0.3 is 5.32 Å². The molecule has 104 valence electrons. The summed E-state index contributed by atoms with van der Waals surface area (Å²) in [7, 11) is 0. The fraction of sp³-hybridized carbons (Fsp3) is 0.529. The van der Waals surface area contributed by atoms with E-state index in [9.17, 15) is 0 Å². The Kier molecular flexibility index (Phi) is 3.15. The summed E-state index contributed by atoms with van der Waals surface area (Å²) in [6.45, 7) is 1.99. The molecule has 1 aromatic heterocycles. The summed E-state index contributed by atoms with van der Waals surface area (Å²) in [4.78, 5) is 9.13. The lowest BCUT2D eigenvalue weighted by atomic mass is 9.89. The van der Waals surface area contributed by atoms with Gasteiger partial charge in [0.2, 0.25) is 0 Å². The van der Waals surface area contributed by atoms with Crippen LogP contribution in [0, 0.1) is 17.8 Å². The highest BCUT2D eigenvalue weighted by molar-refractivity contribution is 5.73. The molecule has 0 saturated heterocycles. The Bertz CT molecular complexity index is 610. The van der Waals surface area contributed by atoms with Gasteiger partial charge in [-0.2, -0.15) is 0 Å². The third-order valence-electron chi connectivity index (χ3n) is 5.10. The van der Waals surface area contributed by atoms with E-state index < -0.39 is 0 Å².